The molecule has 0 unspecified atom stereocenters. The number of nitrogens with zero attached hydrogens (tertiary/aromatic N) is 7. The molecule has 6 radical (unpaired) electrons. The number of amides is 2. The van der Waals surface area contributed by atoms with Crippen molar-refractivity contribution in [1.82, 2.24) is 34.8 Å². The molecule has 2 amide bonds. The molecular weight excluding hydrogens is 745 g/mol. The molecule has 284 valence electrons. The van der Waals surface area contributed by atoms with E-state index in [0.29, 0.717) is 22.2 Å². The first kappa shape index (κ1) is 41.3. The molecule has 1 aliphatic carbocycles. The number of rotatable bonds is 12. The molecule has 2 heterocycles. The molecule has 1 aliphatic rings. The van der Waals surface area contributed by atoms with Gasteiger partial charge >= 0.3 is 18.8 Å². The number of guanidine groups is 1. The van der Waals surface area contributed by atoms with E-state index in [1.807, 2.05) is 26.1 Å². The Hall–Kier alpha value is -4.87. The number of hydrogen-bond acceptors (Lipinski definition) is 7. The van der Waals surface area contributed by atoms with E-state index < -0.39 is 48.2 Å². The van der Waals surface area contributed by atoms with Crippen LogP contribution in [-0.2, 0) is 9.97 Å². The zero-order chi connectivity index (χ0) is 40.5. The molecule has 1 saturated carbocycles. The van der Waals surface area contributed by atoms with E-state index in [1.165, 1.54) is 48.7 Å². The van der Waals surface area contributed by atoms with E-state index in [0.717, 1.165) is 22.1 Å². The number of halogens is 6. The summed E-state index contributed by atoms with van der Waals surface area (Å²) < 4.78 is 74.3. The number of hydrogen-bond donors (Lipinski definition) is 2. The van der Waals surface area contributed by atoms with Crippen molar-refractivity contribution in [3.8, 4) is 22.5 Å². The molecule has 1 fully saturated rings. The van der Waals surface area contributed by atoms with Gasteiger partial charge < -0.3 is 15.8 Å². The number of benzene rings is 2. The van der Waals surface area contributed by atoms with Gasteiger partial charge in [0.1, 0.15) is 18.5 Å². The van der Waals surface area contributed by atoms with E-state index in [1.54, 1.807) is 0 Å². The van der Waals surface area contributed by atoms with E-state index in [2.05, 4.69) is 20.2 Å². The number of nitrogens with one attached hydrogen (secondary N) is 1. The predicted molar refractivity (Wildman–Crippen MR) is 197 cm³/mol. The van der Waals surface area contributed by atoms with Gasteiger partial charge in [0.2, 0.25) is 0 Å². The summed E-state index contributed by atoms with van der Waals surface area (Å²) in [6, 6.07) is 8.83. The fraction of sp³-hybridized carbons (Fsp3) is 0.412. The van der Waals surface area contributed by atoms with Gasteiger partial charge in [0.25, 0.3) is 5.91 Å². The largest absolute Gasteiger partial charge is 0.447 e. The molecule has 55 heavy (non-hydrogen) atoms. The molecule has 4 aromatic rings. The second kappa shape index (κ2) is 15.7. The number of aliphatic imine (C=N–C) groups is 1. The first-order chi connectivity index (χ1) is 25.6. The van der Waals surface area contributed by atoms with Gasteiger partial charge in [-0.3, -0.25) is 19.4 Å². The lowest BCUT2D eigenvalue weighted by Crippen LogP contribution is -2.49. The second-order valence-corrected chi connectivity index (χ2v) is 14.6. The minimum Gasteiger partial charge on any atom is -0.447 e. The average molecular weight is 780 g/mol. The molecule has 0 spiro atoms. The zero-order valence-electron chi connectivity index (χ0n) is 29.9. The standard InChI is InChI=1S/C34H34B3ClF5N9O3/c1-31(2,3)12-13-45-29(44)51(27(53)20-6-4-19(5-7-20)22-15-47-50(16-22)28(39)40)25(17-55-30(54)49-32(10-11-32)33(41,42)43)21-8-9-24(38)23(14-21)26-46-18-48-52(26)34(35,36)37/h4-9,14-16,18,25,28H,10-13,17H2,1-3H3,(H2,44,45)(H,49,54)/t25-/m1/s1. The average Bonchev–Trinajstić information content (AvgIpc) is 3.47. The molecule has 0 bridgehead atoms. The fourth-order valence-corrected chi connectivity index (χ4v) is 5.67. The molecule has 21 heteroatoms. The van der Waals surface area contributed by atoms with Gasteiger partial charge in [-0.1, -0.05) is 50.6 Å². The van der Waals surface area contributed by atoms with Crippen molar-refractivity contribution >= 4 is 53.1 Å². The van der Waals surface area contributed by atoms with Crippen LogP contribution < -0.4 is 11.1 Å². The van der Waals surface area contributed by atoms with E-state index in [9.17, 15) is 31.5 Å². The van der Waals surface area contributed by atoms with Crippen LogP contribution in [0.15, 0.2) is 66.2 Å². The van der Waals surface area contributed by atoms with Crippen LogP contribution in [0.4, 0.5) is 26.7 Å². The van der Waals surface area contributed by atoms with Crippen LogP contribution in [0.2, 0.25) is 5.02 Å². The normalized spacial score (nSPS) is 15.1. The molecule has 3 N–H and O–H groups in total. The summed E-state index contributed by atoms with van der Waals surface area (Å²) in [7, 11) is 17.7. The summed E-state index contributed by atoms with van der Waals surface area (Å²) >= 11 is 6.58. The minimum absolute atomic E-state index is 0.00746. The third-order valence-electron chi connectivity index (χ3n) is 8.72. The number of alkyl halides is 5. The lowest BCUT2D eigenvalue weighted by atomic mass is 9.49. The van der Waals surface area contributed by atoms with Gasteiger partial charge in [-0.05, 0) is 65.3 Å². The van der Waals surface area contributed by atoms with Gasteiger partial charge in [-0.25, -0.2) is 14.5 Å². The summed E-state index contributed by atoms with van der Waals surface area (Å²) in [5.41, 5.74) is 5.15. The Morgan fingerprint density at radius 1 is 1.07 bits per heavy atom. The number of aromatic nitrogens is 5. The van der Waals surface area contributed by atoms with Crippen LogP contribution in [0.1, 0.15) is 68.5 Å². The predicted octanol–water partition coefficient (Wildman–Crippen LogP) is 5.69. The Morgan fingerprint density at radius 2 is 1.75 bits per heavy atom. The first-order valence-electron chi connectivity index (χ1n) is 16.7. The van der Waals surface area contributed by atoms with Crippen molar-refractivity contribution in [1.29, 1.82) is 0 Å². The van der Waals surface area contributed by atoms with E-state index in [4.69, 9.17) is 45.6 Å². The quantitative estimate of drug-likeness (QED) is 0.0815. The molecule has 2 aromatic carbocycles. The topological polar surface area (TPSA) is 146 Å². The van der Waals surface area contributed by atoms with Crippen molar-refractivity contribution in [2.45, 2.75) is 69.6 Å². The number of alkyl carbamates (subject to hydrolysis) is 1. The SMILES string of the molecule is [B]C([B])([B])n1ncnc1-c1cc([C@@H](COC(=O)NC2(C(F)(F)F)CC2)N(C(=O)c2ccc(-c3cnn(C(F)F)c3)cc2)C(N)=NCCC(C)(C)C)ccc1Cl. The lowest BCUT2D eigenvalue weighted by molar-refractivity contribution is -0.164. The van der Waals surface area contributed by atoms with Gasteiger partial charge in [-0.2, -0.15) is 32.1 Å². The van der Waals surface area contributed by atoms with Crippen LogP contribution in [0.25, 0.3) is 22.5 Å². The van der Waals surface area contributed by atoms with Crippen LogP contribution in [0.5, 0.6) is 0 Å². The maximum absolute atomic E-state index is 14.5. The number of carbonyl (C=O) groups excluding carboxylic acids is 2. The number of nitrogens with two attached hydrogens (primary N) is 1. The third kappa shape index (κ3) is 9.69. The smallest absolute Gasteiger partial charge is 0.411 e. The molecule has 12 nitrogen and oxygen atoms in total. The summed E-state index contributed by atoms with van der Waals surface area (Å²) in [5.74, 6) is -1.07. The fourth-order valence-electron chi connectivity index (χ4n) is 5.47. The molecule has 2 aromatic heterocycles. The molecule has 1 atom stereocenters. The first-order valence-corrected chi connectivity index (χ1v) is 17.1. The summed E-state index contributed by atoms with van der Waals surface area (Å²) in [6.45, 7) is 2.50. The highest BCUT2D eigenvalue weighted by atomic mass is 35.5. The number of carbonyl (C=O) groups is 2. The van der Waals surface area contributed by atoms with Gasteiger partial charge in [0.15, 0.2) is 11.8 Å². The van der Waals surface area contributed by atoms with Crippen LogP contribution >= 0.6 is 11.6 Å². The maximum Gasteiger partial charge on any atom is 0.411 e. The Bertz CT molecular complexity index is 2040. The van der Waals surface area contributed by atoms with E-state index >= 15 is 0 Å². The Morgan fingerprint density at radius 3 is 2.31 bits per heavy atom. The van der Waals surface area contributed by atoms with Crippen molar-refractivity contribution in [3.63, 3.8) is 0 Å². The second-order valence-electron chi connectivity index (χ2n) is 14.2. The van der Waals surface area contributed by atoms with Crippen molar-refractivity contribution in [2.75, 3.05) is 13.2 Å². The van der Waals surface area contributed by atoms with Gasteiger partial charge in [-0.15, -0.1) is 0 Å². The summed E-state index contributed by atoms with van der Waals surface area (Å²) in [4.78, 5) is 37.1. The highest BCUT2D eigenvalue weighted by molar-refractivity contribution is 6.56. The summed E-state index contributed by atoms with van der Waals surface area (Å²) in [5, 5.41) is 7.60. The molecule has 0 saturated heterocycles. The van der Waals surface area contributed by atoms with Crippen LogP contribution in [0.3, 0.4) is 0 Å². The van der Waals surface area contributed by atoms with Gasteiger partial charge in [0.05, 0.1) is 40.8 Å². The Labute approximate surface area is 322 Å². The lowest BCUT2D eigenvalue weighted by Gasteiger charge is -2.32. The zero-order valence-corrected chi connectivity index (χ0v) is 30.7. The Balaban J connectivity index is 1.59. The molecule has 0 aliphatic heterocycles. The monoisotopic (exact) mass is 779 g/mol. The van der Waals surface area contributed by atoms with Crippen molar-refractivity contribution in [2.24, 2.45) is 16.1 Å². The maximum atomic E-state index is 14.5. The van der Waals surface area contributed by atoms with Crippen molar-refractivity contribution in [3.05, 3.63) is 77.3 Å². The molecular formula is C34H34B3ClF5N9O3. The number of ether oxygens (including phenoxy) is 1. The minimum atomic E-state index is -4.73. The summed E-state index contributed by atoms with van der Waals surface area (Å²) in [6.07, 6.45) is -2.75. The third-order valence-corrected chi connectivity index (χ3v) is 9.05. The molecule has 5 rings (SSSR count). The van der Waals surface area contributed by atoms with Crippen LogP contribution in [-0.4, -0.2) is 95.8 Å². The highest BCUT2D eigenvalue weighted by Gasteiger charge is 2.64. The van der Waals surface area contributed by atoms with Crippen molar-refractivity contribution < 1.29 is 36.3 Å². The van der Waals surface area contributed by atoms with Crippen LogP contribution in [0, 0.1) is 5.41 Å². The Kier molecular flexibility index (Phi) is 11.8. The van der Waals surface area contributed by atoms with Gasteiger partial charge in [0, 0.05) is 29.4 Å². The van der Waals surface area contributed by atoms with E-state index in [-0.39, 0.29) is 58.3 Å². The highest BCUT2D eigenvalue weighted by Crippen LogP contribution is 2.49.